The molecule has 0 aliphatic rings. The second-order valence-corrected chi connectivity index (χ2v) is 4.41. The van der Waals surface area contributed by atoms with Crippen molar-refractivity contribution in [2.24, 2.45) is 9.98 Å². The fourth-order valence-electron chi connectivity index (χ4n) is 1.61. The third-order valence-electron chi connectivity index (χ3n) is 2.71. The van der Waals surface area contributed by atoms with Crippen molar-refractivity contribution in [1.82, 2.24) is 15.6 Å². The van der Waals surface area contributed by atoms with Gasteiger partial charge in [0, 0.05) is 49.7 Å². The summed E-state index contributed by atoms with van der Waals surface area (Å²) in [6.45, 7) is 3.45. The second-order valence-electron chi connectivity index (χ2n) is 4.41. The van der Waals surface area contributed by atoms with E-state index in [2.05, 4.69) is 25.6 Å². The summed E-state index contributed by atoms with van der Waals surface area (Å²) >= 11 is 0. The van der Waals surface area contributed by atoms with Gasteiger partial charge in [-0.1, -0.05) is 6.07 Å². The van der Waals surface area contributed by atoms with Gasteiger partial charge in [0.25, 0.3) is 0 Å². The van der Waals surface area contributed by atoms with Gasteiger partial charge in [-0.2, -0.15) is 0 Å². The quantitative estimate of drug-likeness (QED) is 0.489. The molecule has 1 rings (SSSR count). The maximum absolute atomic E-state index is 4.59. The number of rotatable bonds is 10. The molecule has 5 heteroatoms. The van der Waals surface area contributed by atoms with Crippen molar-refractivity contribution in [2.75, 3.05) is 40.3 Å². The molecular formula is C15H25N5. The van der Waals surface area contributed by atoms with Gasteiger partial charge < -0.3 is 10.6 Å². The lowest BCUT2D eigenvalue weighted by Crippen LogP contribution is -2.10. The van der Waals surface area contributed by atoms with Crippen LogP contribution in [0, 0.1) is 0 Å². The topological polar surface area (TPSA) is 61.7 Å². The normalized spacial score (nSPS) is 11.7. The molecule has 5 nitrogen and oxygen atoms in total. The molecule has 0 saturated carbocycles. The van der Waals surface area contributed by atoms with E-state index in [1.165, 1.54) is 0 Å². The van der Waals surface area contributed by atoms with Crippen LogP contribution in [0.2, 0.25) is 0 Å². The Balaban J connectivity index is 2.37. The highest BCUT2D eigenvalue weighted by molar-refractivity contribution is 5.62. The van der Waals surface area contributed by atoms with E-state index in [4.69, 9.17) is 0 Å². The standard InChI is InChI=1S/C15H25N5/c1-16-10-12-18-8-6-14-4-3-5-15(20-14)7-9-19-13-11-17-2/h3-5,8-9,16-17H,6-7,10-13H2,1-2H3. The molecular weight excluding hydrogens is 250 g/mol. The third-order valence-corrected chi connectivity index (χ3v) is 2.71. The first-order valence-corrected chi connectivity index (χ1v) is 7.07. The number of nitrogens with zero attached hydrogens (tertiary/aromatic N) is 3. The molecule has 20 heavy (non-hydrogen) atoms. The van der Waals surface area contributed by atoms with Crippen LogP contribution in [-0.4, -0.2) is 57.7 Å². The Morgan fingerprint density at radius 2 is 1.45 bits per heavy atom. The second kappa shape index (κ2) is 11.3. The van der Waals surface area contributed by atoms with Gasteiger partial charge in [0.15, 0.2) is 0 Å². The predicted molar refractivity (Wildman–Crippen MR) is 86.2 cm³/mol. The Kier molecular flexibility index (Phi) is 9.26. The Labute approximate surface area is 121 Å². The maximum Gasteiger partial charge on any atom is 0.0510 e. The largest absolute Gasteiger partial charge is 0.318 e. The van der Waals surface area contributed by atoms with E-state index in [-0.39, 0.29) is 0 Å². The number of aliphatic imine (C=N–C) groups is 2. The minimum Gasteiger partial charge on any atom is -0.318 e. The monoisotopic (exact) mass is 275 g/mol. The Hall–Kier alpha value is -1.59. The minimum atomic E-state index is 0.786. The number of likely N-dealkylation sites (N-methyl/N-ethyl adjacent to an activating group) is 2. The first-order valence-electron chi connectivity index (χ1n) is 7.07. The Bertz CT molecular complexity index is 379. The van der Waals surface area contributed by atoms with Gasteiger partial charge in [0.05, 0.1) is 13.1 Å². The average molecular weight is 275 g/mol. The van der Waals surface area contributed by atoms with Crippen molar-refractivity contribution in [2.45, 2.75) is 12.8 Å². The van der Waals surface area contributed by atoms with Crippen molar-refractivity contribution < 1.29 is 0 Å². The molecule has 0 atom stereocenters. The van der Waals surface area contributed by atoms with Crippen LogP contribution < -0.4 is 10.6 Å². The minimum absolute atomic E-state index is 0.786. The lowest BCUT2D eigenvalue weighted by atomic mass is 10.2. The van der Waals surface area contributed by atoms with Crippen LogP contribution in [0.5, 0.6) is 0 Å². The molecule has 2 N–H and O–H groups in total. The summed E-state index contributed by atoms with van der Waals surface area (Å²) in [7, 11) is 3.86. The summed E-state index contributed by atoms with van der Waals surface area (Å²) < 4.78 is 0. The molecule has 0 amide bonds. The zero-order chi connectivity index (χ0) is 14.5. The van der Waals surface area contributed by atoms with Gasteiger partial charge >= 0.3 is 0 Å². The van der Waals surface area contributed by atoms with Crippen LogP contribution >= 0.6 is 0 Å². The molecule has 0 aromatic carbocycles. The van der Waals surface area contributed by atoms with Gasteiger partial charge in [0.2, 0.25) is 0 Å². The zero-order valence-electron chi connectivity index (χ0n) is 12.5. The molecule has 0 unspecified atom stereocenters. The SMILES string of the molecule is CNCCN=CCc1cccc(CC=NCCNC)n1. The summed E-state index contributed by atoms with van der Waals surface area (Å²) in [5.74, 6) is 0. The first-order chi connectivity index (χ1) is 9.86. The number of aromatic nitrogens is 1. The molecule has 0 aliphatic carbocycles. The average Bonchev–Trinajstić information content (AvgIpc) is 2.47. The molecule has 0 saturated heterocycles. The summed E-state index contributed by atoms with van der Waals surface area (Å²) in [4.78, 5) is 13.2. The van der Waals surface area contributed by atoms with Crippen molar-refractivity contribution in [3.8, 4) is 0 Å². The van der Waals surface area contributed by atoms with Crippen LogP contribution in [0.1, 0.15) is 11.4 Å². The molecule has 0 fully saturated rings. The molecule has 0 spiro atoms. The number of nitrogens with one attached hydrogen (secondary N) is 2. The lowest BCUT2D eigenvalue weighted by Gasteiger charge is -2.00. The zero-order valence-corrected chi connectivity index (χ0v) is 12.5. The third kappa shape index (κ3) is 7.76. The maximum atomic E-state index is 4.59. The highest BCUT2D eigenvalue weighted by atomic mass is 14.9. The molecule has 0 bridgehead atoms. The van der Waals surface area contributed by atoms with Crippen LogP contribution in [0.15, 0.2) is 28.2 Å². The number of hydrogen-bond acceptors (Lipinski definition) is 5. The van der Waals surface area contributed by atoms with Gasteiger partial charge in [-0.25, -0.2) is 0 Å². The fourth-order valence-corrected chi connectivity index (χ4v) is 1.61. The summed E-state index contributed by atoms with van der Waals surface area (Å²) in [5.41, 5.74) is 2.11. The van der Waals surface area contributed by atoms with Crippen molar-refractivity contribution in [3.05, 3.63) is 29.6 Å². The summed E-state index contributed by atoms with van der Waals surface area (Å²) in [5, 5.41) is 6.13. The van der Waals surface area contributed by atoms with E-state index in [1.54, 1.807) is 0 Å². The molecule has 110 valence electrons. The van der Waals surface area contributed by atoms with E-state index < -0.39 is 0 Å². The van der Waals surface area contributed by atoms with E-state index in [9.17, 15) is 0 Å². The molecule has 1 aromatic heterocycles. The highest BCUT2D eigenvalue weighted by Crippen LogP contribution is 2.00. The smallest absolute Gasteiger partial charge is 0.0510 e. The van der Waals surface area contributed by atoms with Gasteiger partial charge in [-0.3, -0.25) is 15.0 Å². The molecule has 1 heterocycles. The van der Waals surface area contributed by atoms with E-state index in [0.717, 1.165) is 50.4 Å². The van der Waals surface area contributed by atoms with Crippen LogP contribution in [-0.2, 0) is 12.8 Å². The van der Waals surface area contributed by atoms with E-state index >= 15 is 0 Å². The van der Waals surface area contributed by atoms with E-state index in [0.29, 0.717) is 0 Å². The predicted octanol–water partition coefficient (Wildman–Crippen LogP) is 0.747. The molecule has 1 aromatic rings. The number of hydrogen-bond donors (Lipinski definition) is 2. The molecule has 0 aliphatic heterocycles. The van der Waals surface area contributed by atoms with Crippen molar-refractivity contribution in [3.63, 3.8) is 0 Å². The van der Waals surface area contributed by atoms with Crippen molar-refractivity contribution in [1.29, 1.82) is 0 Å². The highest BCUT2D eigenvalue weighted by Gasteiger charge is 1.95. The fraction of sp³-hybridized carbons (Fsp3) is 0.533. The summed E-state index contributed by atoms with van der Waals surface area (Å²) in [6, 6.07) is 6.11. The van der Waals surface area contributed by atoms with Gasteiger partial charge in [-0.15, -0.1) is 0 Å². The first kappa shape index (κ1) is 16.5. The Morgan fingerprint density at radius 1 is 0.950 bits per heavy atom. The lowest BCUT2D eigenvalue weighted by molar-refractivity contribution is 0.802. The van der Waals surface area contributed by atoms with Gasteiger partial charge in [-0.05, 0) is 26.2 Å². The van der Waals surface area contributed by atoms with Crippen LogP contribution in [0.25, 0.3) is 0 Å². The number of pyridine rings is 1. The summed E-state index contributed by atoms with van der Waals surface area (Å²) in [6.07, 6.45) is 5.44. The van der Waals surface area contributed by atoms with E-state index in [1.807, 2.05) is 44.7 Å². The van der Waals surface area contributed by atoms with Crippen LogP contribution in [0.3, 0.4) is 0 Å². The van der Waals surface area contributed by atoms with Crippen LogP contribution in [0.4, 0.5) is 0 Å². The van der Waals surface area contributed by atoms with Crippen molar-refractivity contribution >= 4 is 12.4 Å². The molecule has 0 radical (unpaired) electrons. The Morgan fingerprint density at radius 3 is 1.90 bits per heavy atom. The van der Waals surface area contributed by atoms with Gasteiger partial charge in [0.1, 0.15) is 0 Å².